The van der Waals surface area contributed by atoms with Gasteiger partial charge in [-0.1, -0.05) is 140 Å². The lowest BCUT2D eigenvalue weighted by Crippen LogP contribution is -2.16. The lowest BCUT2D eigenvalue weighted by Gasteiger charge is -2.09. The number of rotatable bonds is 6. The molecule has 4 nitrogen and oxygen atoms in total. The molecule has 0 amide bonds. The number of aliphatic imine (C=N–C) groups is 2. The van der Waals surface area contributed by atoms with E-state index in [1.807, 2.05) is 60.7 Å². The highest BCUT2D eigenvalue weighted by Crippen LogP contribution is 2.39. The van der Waals surface area contributed by atoms with E-state index in [1.54, 1.807) is 11.3 Å². The van der Waals surface area contributed by atoms with Gasteiger partial charge >= 0.3 is 0 Å². The van der Waals surface area contributed by atoms with E-state index in [9.17, 15) is 0 Å². The number of thiophene rings is 1. The van der Waals surface area contributed by atoms with Crippen LogP contribution in [0.4, 0.5) is 0 Å². The largest absolute Gasteiger partial charge is 0.383 e. The van der Waals surface area contributed by atoms with Crippen LogP contribution in [0.3, 0.4) is 0 Å². The SMILES string of the molecule is C=C(/N=C(\N=C(/N)c1ccccc1)c1ccc2c(c1)sc1cc(-c3ccc4c5ccccc5n(-c5ccccc5)c4c3)ccc12)c1ccccc1. The molecule has 5 heteroatoms. The quantitative estimate of drug-likeness (QED) is 0.139. The van der Waals surface area contributed by atoms with Gasteiger partial charge in [0, 0.05) is 47.8 Å². The number of aromatic nitrogens is 1. The van der Waals surface area contributed by atoms with Gasteiger partial charge in [0.1, 0.15) is 5.84 Å². The molecule has 0 bridgehead atoms. The lowest BCUT2D eigenvalue weighted by atomic mass is 10.0. The molecule has 0 fully saturated rings. The second-order valence-electron chi connectivity index (χ2n) is 12.6. The molecule has 242 valence electrons. The zero-order chi connectivity index (χ0) is 34.3. The smallest absolute Gasteiger partial charge is 0.162 e. The van der Waals surface area contributed by atoms with Crippen molar-refractivity contribution in [3.05, 3.63) is 193 Å². The van der Waals surface area contributed by atoms with Crippen molar-refractivity contribution in [1.29, 1.82) is 0 Å². The van der Waals surface area contributed by atoms with Crippen molar-refractivity contribution >= 4 is 70.7 Å². The number of nitrogens with two attached hydrogens (primary N) is 1. The fourth-order valence-electron chi connectivity index (χ4n) is 6.87. The van der Waals surface area contributed by atoms with E-state index in [1.165, 1.54) is 48.4 Å². The zero-order valence-corrected chi connectivity index (χ0v) is 28.5. The van der Waals surface area contributed by atoms with Crippen molar-refractivity contribution < 1.29 is 0 Å². The molecule has 0 aliphatic carbocycles. The van der Waals surface area contributed by atoms with Crippen molar-refractivity contribution in [1.82, 2.24) is 4.57 Å². The van der Waals surface area contributed by atoms with Crippen LogP contribution in [0.1, 0.15) is 16.7 Å². The van der Waals surface area contributed by atoms with E-state index in [2.05, 4.69) is 120 Å². The number of fused-ring (bicyclic) bond motifs is 6. The first kappa shape index (κ1) is 30.5. The summed E-state index contributed by atoms with van der Waals surface area (Å²) in [5.41, 5.74) is 15.7. The summed E-state index contributed by atoms with van der Waals surface area (Å²) in [6.45, 7) is 4.26. The van der Waals surface area contributed by atoms with Crippen LogP contribution in [0.15, 0.2) is 186 Å². The Bertz CT molecular complexity index is 2810. The maximum atomic E-state index is 6.53. The summed E-state index contributed by atoms with van der Waals surface area (Å²) in [6, 6.07) is 59.0. The van der Waals surface area contributed by atoms with E-state index in [-0.39, 0.29) is 0 Å². The summed E-state index contributed by atoms with van der Waals surface area (Å²) >= 11 is 1.78. The van der Waals surface area contributed by atoms with E-state index in [0.29, 0.717) is 17.4 Å². The highest BCUT2D eigenvalue weighted by Gasteiger charge is 2.15. The Morgan fingerprint density at radius 3 is 1.80 bits per heavy atom. The first-order valence-electron chi connectivity index (χ1n) is 16.9. The molecule has 51 heavy (non-hydrogen) atoms. The zero-order valence-electron chi connectivity index (χ0n) is 27.7. The van der Waals surface area contributed by atoms with Gasteiger partial charge in [-0.3, -0.25) is 0 Å². The second kappa shape index (κ2) is 12.7. The molecular weight excluding hydrogens is 641 g/mol. The van der Waals surface area contributed by atoms with Gasteiger partial charge in [0.15, 0.2) is 5.84 Å². The monoisotopic (exact) mass is 672 g/mol. The van der Waals surface area contributed by atoms with Crippen molar-refractivity contribution in [2.45, 2.75) is 0 Å². The highest BCUT2D eigenvalue weighted by atomic mass is 32.1. The van der Waals surface area contributed by atoms with Gasteiger partial charge in [0.2, 0.25) is 0 Å². The Kier molecular flexibility index (Phi) is 7.60. The normalized spacial score (nSPS) is 12.3. The topological polar surface area (TPSA) is 55.7 Å². The maximum Gasteiger partial charge on any atom is 0.162 e. The molecule has 0 radical (unpaired) electrons. The molecule has 0 aliphatic heterocycles. The van der Waals surface area contributed by atoms with Crippen LogP contribution >= 0.6 is 11.3 Å². The number of amidine groups is 2. The van der Waals surface area contributed by atoms with Gasteiger partial charge in [-0.15, -0.1) is 11.3 Å². The Morgan fingerprint density at radius 1 is 0.490 bits per heavy atom. The molecule has 0 aliphatic rings. The maximum absolute atomic E-state index is 6.53. The highest BCUT2D eigenvalue weighted by molar-refractivity contribution is 7.25. The third-order valence-corrected chi connectivity index (χ3v) is 10.5. The molecule has 0 saturated carbocycles. The summed E-state index contributed by atoms with van der Waals surface area (Å²) in [7, 11) is 0. The summed E-state index contributed by atoms with van der Waals surface area (Å²) in [5.74, 6) is 0.923. The molecule has 0 unspecified atom stereocenters. The number of benzene rings is 7. The van der Waals surface area contributed by atoms with Gasteiger partial charge in [-0.25, -0.2) is 9.98 Å². The van der Waals surface area contributed by atoms with E-state index in [4.69, 9.17) is 15.7 Å². The van der Waals surface area contributed by atoms with E-state index >= 15 is 0 Å². The minimum Gasteiger partial charge on any atom is -0.383 e. The molecular formula is C46H32N4S. The van der Waals surface area contributed by atoms with E-state index in [0.717, 1.165) is 27.1 Å². The third-order valence-electron chi connectivity index (χ3n) is 9.40. The number of hydrogen-bond donors (Lipinski definition) is 1. The molecule has 0 saturated heterocycles. The fourth-order valence-corrected chi connectivity index (χ4v) is 8.05. The van der Waals surface area contributed by atoms with Crippen LogP contribution < -0.4 is 5.73 Å². The predicted molar refractivity (Wildman–Crippen MR) is 218 cm³/mol. The van der Waals surface area contributed by atoms with Crippen LogP contribution in [0.5, 0.6) is 0 Å². The summed E-state index contributed by atoms with van der Waals surface area (Å²) in [5, 5.41) is 4.93. The van der Waals surface area contributed by atoms with Crippen LogP contribution in [0, 0.1) is 0 Å². The standard InChI is InChI=1S/C46H32N4S/c1-30(31-13-5-2-6-14-31)48-46(49-45(47)32-15-7-3-8-16-32)35-23-26-40-39-25-22-34(28-43(39)51-44(40)29-35)33-21-24-38-37-19-11-12-20-41(37)50(42(38)27-33)36-17-9-4-10-18-36/h2-29H,1H2,(H2,47,48,49). The fraction of sp³-hybridized carbons (Fsp3) is 0. The van der Waals surface area contributed by atoms with Crippen molar-refractivity contribution in [3.8, 4) is 16.8 Å². The van der Waals surface area contributed by atoms with E-state index < -0.39 is 0 Å². The average Bonchev–Trinajstić information content (AvgIpc) is 3.73. The molecule has 0 spiro atoms. The summed E-state index contributed by atoms with van der Waals surface area (Å²) < 4.78 is 4.75. The van der Waals surface area contributed by atoms with Crippen molar-refractivity contribution in [2.24, 2.45) is 15.7 Å². The Balaban J connectivity index is 1.14. The molecule has 2 heterocycles. The minimum absolute atomic E-state index is 0.402. The first-order chi connectivity index (χ1) is 25.1. The van der Waals surface area contributed by atoms with Gasteiger partial charge in [-0.05, 0) is 53.1 Å². The van der Waals surface area contributed by atoms with Gasteiger partial charge < -0.3 is 10.3 Å². The average molecular weight is 673 g/mol. The molecule has 2 aromatic heterocycles. The predicted octanol–water partition coefficient (Wildman–Crippen LogP) is 11.6. The first-order valence-corrected chi connectivity index (χ1v) is 17.7. The Hall–Kier alpha value is -6.56. The number of nitrogens with zero attached hydrogens (tertiary/aromatic N) is 3. The summed E-state index contributed by atoms with van der Waals surface area (Å²) in [4.78, 5) is 9.78. The van der Waals surface area contributed by atoms with Gasteiger partial charge in [0.25, 0.3) is 0 Å². The lowest BCUT2D eigenvalue weighted by molar-refractivity contribution is 1.18. The number of para-hydroxylation sites is 2. The van der Waals surface area contributed by atoms with Crippen LogP contribution in [0.2, 0.25) is 0 Å². The molecule has 9 aromatic rings. The molecule has 2 N–H and O–H groups in total. The number of hydrogen-bond acceptors (Lipinski definition) is 2. The second-order valence-corrected chi connectivity index (χ2v) is 13.6. The van der Waals surface area contributed by atoms with Crippen LogP contribution in [-0.4, -0.2) is 16.2 Å². The Morgan fingerprint density at radius 2 is 1.06 bits per heavy atom. The van der Waals surface area contributed by atoms with Crippen LogP contribution in [0.25, 0.3) is 64.5 Å². The molecule has 0 atom stereocenters. The summed E-state index contributed by atoms with van der Waals surface area (Å²) in [6.07, 6.45) is 0. The molecule has 7 aromatic carbocycles. The van der Waals surface area contributed by atoms with Crippen molar-refractivity contribution in [3.63, 3.8) is 0 Å². The minimum atomic E-state index is 0.402. The van der Waals surface area contributed by atoms with Crippen LogP contribution in [-0.2, 0) is 0 Å². The third kappa shape index (κ3) is 5.60. The Labute approximate surface area is 299 Å². The van der Waals surface area contributed by atoms with Gasteiger partial charge in [-0.2, -0.15) is 0 Å². The van der Waals surface area contributed by atoms with Crippen molar-refractivity contribution in [2.75, 3.05) is 0 Å². The molecule has 9 rings (SSSR count). The van der Waals surface area contributed by atoms with Gasteiger partial charge in [0.05, 0.1) is 16.7 Å².